The van der Waals surface area contributed by atoms with Crippen molar-refractivity contribution in [1.82, 2.24) is 5.32 Å². The predicted molar refractivity (Wildman–Crippen MR) is 82.7 cm³/mol. The van der Waals surface area contributed by atoms with Crippen LogP contribution in [0.25, 0.3) is 0 Å². The minimum atomic E-state index is -0.927. The predicted octanol–water partition coefficient (Wildman–Crippen LogP) is 2.79. The van der Waals surface area contributed by atoms with E-state index in [1.54, 1.807) is 18.2 Å². The van der Waals surface area contributed by atoms with Crippen molar-refractivity contribution >= 4 is 17.5 Å². The van der Waals surface area contributed by atoms with Crippen LogP contribution in [0, 0.1) is 17.5 Å². The minimum Gasteiger partial charge on any atom is -0.355 e. The summed E-state index contributed by atoms with van der Waals surface area (Å²) in [5.74, 6) is -3.70. The molecule has 0 aromatic heterocycles. The average Bonchev–Trinajstić information content (AvgIpc) is 2.53. The molecule has 4 nitrogen and oxygen atoms in total. The Morgan fingerprint density at radius 3 is 2.12 bits per heavy atom. The molecule has 0 fully saturated rings. The number of benzene rings is 2. The number of nitrogens with one attached hydrogen (secondary N) is 2. The standard InChI is InChI=1S/C17H15F3N2O2/c18-12-5-2-1-4-11(12)8-9-21-15(23)10-16(24)22-17-13(19)6-3-7-14(17)20/h1-7H,8-10H2,(H,21,23)(H,22,24). The molecule has 0 spiro atoms. The quantitative estimate of drug-likeness (QED) is 0.797. The van der Waals surface area contributed by atoms with Crippen LogP contribution in [0.15, 0.2) is 42.5 Å². The molecule has 2 aromatic rings. The lowest BCUT2D eigenvalue weighted by Crippen LogP contribution is -2.30. The van der Waals surface area contributed by atoms with E-state index in [1.165, 1.54) is 6.07 Å². The molecular weight excluding hydrogens is 321 g/mol. The number of para-hydroxylation sites is 1. The summed E-state index contributed by atoms with van der Waals surface area (Å²) in [7, 11) is 0. The molecule has 2 N–H and O–H groups in total. The topological polar surface area (TPSA) is 58.2 Å². The summed E-state index contributed by atoms with van der Waals surface area (Å²) in [4.78, 5) is 23.3. The van der Waals surface area contributed by atoms with Gasteiger partial charge < -0.3 is 10.6 Å². The Kier molecular flexibility index (Phi) is 5.95. The largest absolute Gasteiger partial charge is 0.355 e. The highest BCUT2D eigenvalue weighted by molar-refractivity contribution is 6.03. The number of halogens is 3. The van der Waals surface area contributed by atoms with Crippen LogP contribution in [0.3, 0.4) is 0 Å². The normalized spacial score (nSPS) is 10.3. The summed E-state index contributed by atoms with van der Waals surface area (Å²) in [6.45, 7) is 0.140. The van der Waals surface area contributed by atoms with Crippen molar-refractivity contribution in [2.24, 2.45) is 0 Å². The number of hydrogen-bond donors (Lipinski definition) is 2. The fourth-order valence-electron chi connectivity index (χ4n) is 2.05. The van der Waals surface area contributed by atoms with Gasteiger partial charge in [-0.25, -0.2) is 13.2 Å². The second-order valence-corrected chi connectivity index (χ2v) is 5.01. The van der Waals surface area contributed by atoms with Crippen LogP contribution in [0.1, 0.15) is 12.0 Å². The summed E-state index contributed by atoms with van der Waals surface area (Å²) in [6.07, 6.45) is -0.326. The molecule has 0 saturated heterocycles. The van der Waals surface area contributed by atoms with Crippen LogP contribution >= 0.6 is 0 Å². The smallest absolute Gasteiger partial charge is 0.233 e. The van der Waals surface area contributed by atoms with Crippen LogP contribution in [-0.4, -0.2) is 18.4 Å². The molecule has 0 aliphatic carbocycles. The van der Waals surface area contributed by atoms with E-state index in [9.17, 15) is 22.8 Å². The Labute approximate surface area is 136 Å². The molecule has 24 heavy (non-hydrogen) atoms. The number of carbonyl (C=O) groups excluding carboxylic acids is 2. The van der Waals surface area contributed by atoms with E-state index >= 15 is 0 Å². The van der Waals surface area contributed by atoms with Crippen molar-refractivity contribution in [3.63, 3.8) is 0 Å². The highest BCUT2D eigenvalue weighted by Gasteiger charge is 2.14. The Morgan fingerprint density at radius 1 is 0.833 bits per heavy atom. The summed E-state index contributed by atoms with van der Waals surface area (Å²) in [5.41, 5.74) is -0.155. The van der Waals surface area contributed by atoms with Gasteiger partial charge in [0.25, 0.3) is 0 Å². The maximum Gasteiger partial charge on any atom is 0.233 e. The molecule has 0 heterocycles. The van der Waals surface area contributed by atoms with Gasteiger partial charge in [0.05, 0.1) is 0 Å². The van der Waals surface area contributed by atoms with Gasteiger partial charge in [-0.05, 0) is 30.2 Å². The van der Waals surface area contributed by atoms with E-state index < -0.39 is 35.6 Å². The third kappa shape index (κ3) is 4.84. The van der Waals surface area contributed by atoms with Crippen LogP contribution in [0.2, 0.25) is 0 Å². The monoisotopic (exact) mass is 336 g/mol. The van der Waals surface area contributed by atoms with Gasteiger partial charge >= 0.3 is 0 Å². The first-order chi connectivity index (χ1) is 11.5. The summed E-state index contributed by atoms with van der Waals surface area (Å²) in [6, 6.07) is 9.29. The van der Waals surface area contributed by atoms with Crippen LogP contribution < -0.4 is 10.6 Å². The molecule has 0 radical (unpaired) electrons. The molecule has 0 aliphatic heterocycles. The number of anilines is 1. The van der Waals surface area contributed by atoms with Crippen molar-refractivity contribution in [2.75, 3.05) is 11.9 Å². The van der Waals surface area contributed by atoms with E-state index in [2.05, 4.69) is 5.32 Å². The fourth-order valence-corrected chi connectivity index (χ4v) is 2.05. The van der Waals surface area contributed by atoms with E-state index in [0.29, 0.717) is 5.56 Å². The zero-order valence-corrected chi connectivity index (χ0v) is 12.6. The van der Waals surface area contributed by atoms with Gasteiger partial charge in [0.1, 0.15) is 29.6 Å². The van der Waals surface area contributed by atoms with Crippen molar-refractivity contribution in [3.8, 4) is 0 Å². The summed E-state index contributed by atoms with van der Waals surface area (Å²) >= 11 is 0. The zero-order chi connectivity index (χ0) is 17.5. The molecule has 7 heteroatoms. The van der Waals surface area contributed by atoms with Crippen molar-refractivity contribution in [1.29, 1.82) is 0 Å². The summed E-state index contributed by atoms with van der Waals surface area (Å²) < 4.78 is 40.2. The lowest BCUT2D eigenvalue weighted by molar-refractivity contribution is -0.126. The van der Waals surface area contributed by atoms with Gasteiger partial charge in [0, 0.05) is 6.54 Å². The lowest BCUT2D eigenvalue weighted by Gasteiger charge is -2.08. The molecule has 2 aromatic carbocycles. The van der Waals surface area contributed by atoms with Crippen molar-refractivity contribution < 1.29 is 22.8 Å². The van der Waals surface area contributed by atoms with Crippen LogP contribution in [-0.2, 0) is 16.0 Å². The molecule has 0 bridgehead atoms. The SMILES string of the molecule is O=C(CC(=O)Nc1c(F)cccc1F)NCCc1ccccc1F. The molecule has 126 valence electrons. The Bertz CT molecular complexity index is 730. The van der Waals surface area contributed by atoms with E-state index in [1.807, 2.05) is 5.32 Å². The minimum absolute atomic E-state index is 0.140. The fraction of sp³-hybridized carbons (Fsp3) is 0.176. The highest BCUT2D eigenvalue weighted by atomic mass is 19.1. The number of hydrogen-bond acceptors (Lipinski definition) is 2. The van der Waals surface area contributed by atoms with Crippen LogP contribution in [0.5, 0.6) is 0 Å². The third-order valence-corrected chi connectivity index (χ3v) is 3.22. The van der Waals surface area contributed by atoms with E-state index in [0.717, 1.165) is 18.2 Å². The van der Waals surface area contributed by atoms with Gasteiger partial charge in [-0.15, -0.1) is 0 Å². The second kappa shape index (κ2) is 8.14. The molecule has 0 saturated carbocycles. The zero-order valence-electron chi connectivity index (χ0n) is 12.6. The Morgan fingerprint density at radius 2 is 1.46 bits per heavy atom. The Balaban J connectivity index is 1.80. The molecule has 0 atom stereocenters. The average molecular weight is 336 g/mol. The van der Waals surface area contributed by atoms with E-state index in [4.69, 9.17) is 0 Å². The van der Waals surface area contributed by atoms with Crippen molar-refractivity contribution in [3.05, 3.63) is 65.5 Å². The lowest BCUT2D eigenvalue weighted by atomic mass is 10.1. The maximum absolute atomic E-state index is 13.4. The van der Waals surface area contributed by atoms with Crippen molar-refractivity contribution in [2.45, 2.75) is 12.8 Å². The number of carbonyl (C=O) groups is 2. The molecular formula is C17H15F3N2O2. The first-order valence-electron chi connectivity index (χ1n) is 7.21. The van der Waals surface area contributed by atoms with Crippen LogP contribution in [0.4, 0.5) is 18.9 Å². The second-order valence-electron chi connectivity index (χ2n) is 5.01. The highest BCUT2D eigenvalue weighted by Crippen LogP contribution is 2.18. The molecule has 0 unspecified atom stereocenters. The van der Waals surface area contributed by atoms with Gasteiger partial charge in [0.15, 0.2) is 0 Å². The number of amides is 2. The Hall–Kier alpha value is -2.83. The number of rotatable bonds is 6. The molecule has 0 aliphatic rings. The van der Waals surface area contributed by atoms with Gasteiger partial charge in [-0.1, -0.05) is 24.3 Å². The molecule has 2 amide bonds. The van der Waals surface area contributed by atoms with Gasteiger partial charge in [0.2, 0.25) is 11.8 Å². The first kappa shape index (κ1) is 17.5. The first-order valence-corrected chi connectivity index (χ1v) is 7.21. The van der Waals surface area contributed by atoms with Gasteiger partial charge in [-0.3, -0.25) is 9.59 Å². The maximum atomic E-state index is 13.4. The van der Waals surface area contributed by atoms with E-state index in [-0.39, 0.29) is 18.8 Å². The van der Waals surface area contributed by atoms with Gasteiger partial charge in [-0.2, -0.15) is 0 Å². The summed E-state index contributed by atoms with van der Waals surface area (Å²) in [5, 5.41) is 4.47. The third-order valence-electron chi connectivity index (χ3n) is 3.22. The molecule has 2 rings (SSSR count).